The number of rotatable bonds is 4. The molecule has 0 radical (unpaired) electrons. The van der Waals surface area contributed by atoms with E-state index in [0.29, 0.717) is 34.1 Å². The lowest BCUT2D eigenvalue weighted by Gasteiger charge is -2.22. The molecule has 2 heterocycles. The third-order valence-corrected chi connectivity index (χ3v) is 6.39. The Morgan fingerprint density at radius 2 is 1.93 bits per heavy atom. The van der Waals surface area contributed by atoms with E-state index in [1.165, 1.54) is 12.0 Å². The monoisotopic (exact) mass is 440 g/mol. The zero-order chi connectivity index (χ0) is 21.1. The normalized spacial score (nSPS) is 13.3. The molecule has 2 aromatic carbocycles. The van der Waals surface area contributed by atoms with Crippen molar-refractivity contribution in [3.05, 3.63) is 74.9 Å². The number of benzene rings is 2. The standard InChI is InChI=1S/C23H21ClN2O3S/c1-29-20-7-3-2-6-17(20)22(27)25-15-9-10-16(18(24)14-15)23(28)26-12-5-4-8-21-19(26)11-13-30-21/h2-3,6-7,9-11,13-14H,4-5,8,12H2,1H3,(H,25,27). The van der Waals surface area contributed by atoms with Gasteiger partial charge in [0.25, 0.3) is 11.8 Å². The van der Waals surface area contributed by atoms with E-state index in [4.69, 9.17) is 16.3 Å². The Morgan fingerprint density at radius 1 is 1.10 bits per heavy atom. The molecule has 0 saturated carbocycles. The molecule has 1 aliphatic heterocycles. The van der Waals surface area contributed by atoms with E-state index in [1.807, 2.05) is 16.3 Å². The van der Waals surface area contributed by atoms with Gasteiger partial charge in [0.2, 0.25) is 0 Å². The van der Waals surface area contributed by atoms with Crippen LogP contribution in [0, 0.1) is 0 Å². The fraction of sp³-hybridized carbons (Fsp3) is 0.217. The number of anilines is 2. The number of para-hydroxylation sites is 1. The lowest BCUT2D eigenvalue weighted by atomic mass is 10.1. The summed E-state index contributed by atoms with van der Waals surface area (Å²) in [4.78, 5) is 28.9. The third kappa shape index (κ3) is 4.06. The summed E-state index contributed by atoms with van der Waals surface area (Å²) in [7, 11) is 1.52. The van der Waals surface area contributed by atoms with Crippen molar-refractivity contribution in [3.63, 3.8) is 0 Å². The fourth-order valence-electron chi connectivity index (χ4n) is 3.59. The van der Waals surface area contributed by atoms with E-state index in [-0.39, 0.29) is 11.8 Å². The van der Waals surface area contributed by atoms with Crippen LogP contribution < -0.4 is 15.0 Å². The molecule has 0 bridgehead atoms. The summed E-state index contributed by atoms with van der Waals surface area (Å²) >= 11 is 8.14. The molecule has 7 heteroatoms. The van der Waals surface area contributed by atoms with Crippen LogP contribution in [-0.2, 0) is 6.42 Å². The van der Waals surface area contributed by atoms with Crippen molar-refractivity contribution >= 4 is 46.1 Å². The quantitative estimate of drug-likeness (QED) is 0.570. The lowest BCUT2D eigenvalue weighted by Crippen LogP contribution is -2.31. The molecule has 1 aliphatic rings. The number of thiophene rings is 1. The van der Waals surface area contributed by atoms with Crippen molar-refractivity contribution in [2.24, 2.45) is 0 Å². The maximum atomic E-state index is 13.2. The van der Waals surface area contributed by atoms with Gasteiger partial charge in [0.15, 0.2) is 0 Å². The van der Waals surface area contributed by atoms with Gasteiger partial charge in [-0.2, -0.15) is 0 Å². The van der Waals surface area contributed by atoms with Crippen LogP contribution in [0.3, 0.4) is 0 Å². The molecule has 3 aromatic rings. The average Bonchev–Trinajstić information content (AvgIpc) is 3.12. The Hall–Kier alpha value is -2.83. The molecule has 5 nitrogen and oxygen atoms in total. The first-order chi connectivity index (χ1) is 14.6. The number of nitrogens with one attached hydrogen (secondary N) is 1. The summed E-state index contributed by atoms with van der Waals surface area (Å²) < 4.78 is 5.24. The number of hydrogen-bond donors (Lipinski definition) is 1. The smallest absolute Gasteiger partial charge is 0.259 e. The zero-order valence-corrected chi connectivity index (χ0v) is 18.1. The number of nitrogens with zero attached hydrogens (tertiary/aromatic N) is 1. The minimum Gasteiger partial charge on any atom is -0.496 e. The van der Waals surface area contributed by atoms with Crippen LogP contribution in [0.4, 0.5) is 11.4 Å². The predicted molar refractivity (Wildman–Crippen MR) is 121 cm³/mol. The number of fused-ring (bicyclic) bond motifs is 1. The van der Waals surface area contributed by atoms with Gasteiger partial charge in [-0.1, -0.05) is 23.7 Å². The Bertz CT molecular complexity index is 1100. The first kappa shape index (κ1) is 20.4. The van der Waals surface area contributed by atoms with Gasteiger partial charge in [0.1, 0.15) is 5.75 Å². The Labute approximate surface area is 184 Å². The molecule has 2 amide bonds. The van der Waals surface area contributed by atoms with Crippen LogP contribution in [0.25, 0.3) is 0 Å². The maximum Gasteiger partial charge on any atom is 0.259 e. The molecular formula is C23H21ClN2O3S. The summed E-state index contributed by atoms with van der Waals surface area (Å²) in [5.41, 5.74) is 2.34. The SMILES string of the molecule is COc1ccccc1C(=O)Nc1ccc(C(=O)N2CCCCc3sccc32)c(Cl)c1. The fourth-order valence-corrected chi connectivity index (χ4v) is 4.77. The van der Waals surface area contributed by atoms with E-state index in [9.17, 15) is 9.59 Å². The van der Waals surface area contributed by atoms with Crippen LogP contribution in [0.2, 0.25) is 5.02 Å². The van der Waals surface area contributed by atoms with E-state index in [2.05, 4.69) is 5.32 Å². The van der Waals surface area contributed by atoms with Crippen LogP contribution in [0.1, 0.15) is 38.4 Å². The van der Waals surface area contributed by atoms with Crippen LogP contribution in [-0.4, -0.2) is 25.5 Å². The van der Waals surface area contributed by atoms with Gasteiger partial charge in [-0.05, 0) is 61.0 Å². The van der Waals surface area contributed by atoms with Crippen molar-refractivity contribution in [3.8, 4) is 5.75 Å². The second-order valence-electron chi connectivity index (χ2n) is 6.99. The summed E-state index contributed by atoms with van der Waals surface area (Å²) in [6.45, 7) is 0.672. The lowest BCUT2D eigenvalue weighted by molar-refractivity contribution is 0.0985. The molecule has 4 rings (SSSR count). The number of carbonyl (C=O) groups excluding carboxylic acids is 2. The van der Waals surface area contributed by atoms with Gasteiger partial charge in [-0.3, -0.25) is 9.59 Å². The van der Waals surface area contributed by atoms with Crippen LogP contribution in [0.15, 0.2) is 53.9 Å². The number of methoxy groups -OCH3 is 1. The minimum absolute atomic E-state index is 0.121. The first-order valence-electron chi connectivity index (χ1n) is 9.70. The van der Waals surface area contributed by atoms with E-state index in [1.54, 1.807) is 53.8 Å². The molecular weight excluding hydrogens is 420 g/mol. The summed E-state index contributed by atoms with van der Waals surface area (Å²) in [6, 6.07) is 13.9. The average molecular weight is 441 g/mol. The van der Waals surface area contributed by atoms with Crippen LogP contribution in [0.5, 0.6) is 5.75 Å². The van der Waals surface area contributed by atoms with Crippen molar-refractivity contribution in [1.82, 2.24) is 0 Å². The molecule has 0 atom stereocenters. The number of halogens is 1. The molecule has 1 aromatic heterocycles. The summed E-state index contributed by atoms with van der Waals surface area (Å²) in [5.74, 6) is 0.0582. The van der Waals surface area contributed by atoms with Gasteiger partial charge in [-0.15, -0.1) is 11.3 Å². The Balaban J connectivity index is 1.55. The first-order valence-corrected chi connectivity index (χ1v) is 11.0. The molecule has 0 aliphatic carbocycles. The molecule has 0 fully saturated rings. The Kier molecular flexibility index (Phi) is 6.06. The van der Waals surface area contributed by atoms with Gasteiger partial charge >= 0.3 is 0 Å². The third-order valence-electron chi connectivity index (χ3n) is 5.10. The molecule has 0 unspecified atom stereocenters. The topological polar surface area (TPSA) is 58.6 Å². The highest BCUT2D eigenvalue weighted by atomic mass is 35.5. The molecule has 0 saturated heterocycles. The van der Waals surface area contributed by atoms with E-state index in [0.717, 1.165) is 24.9 Å². The number of hydrogen-bond acceptors (Lipinski definition) is 4. The van der Waals surface area contributed by atoms with Gasteiger partial charge in [0.05, 0.1) is 28.9 Å². The molecule has 1 N–H and O–H groups in total. The van der Waals surface area contributed by atoms with Gasteiger partial charge in [0, 0.05) is 17.1 Å². The van der Waals surface area contributed by atoms with Crippen molar-refractivity contribution in [2.75, 3.05) is 23.9 Å². The van der Waals surface area contributed by atoms with E-state index >= 15 is 0 Å². The Morgan fingerprint density at radius 3 is 2.73 bits per heavy atom. The molecule has 30 heavy (non-hydrogen) atoms. The summed E-state index contributed by atoms with van der Waals surface area (Å²) in [5, 5.41) is 5.14. The highest BCUT2D eigenvalue weighted by Crippen LogP contribution is 2.33. The largest absolute Gasteiger partial charge is 0.496 e. The van der Waals surface area contributed by atoms with Crippen molar-refractivity contribution in [1.29, 1.82) is 0 Å². The number of ether oxygens (including phenoxy) is 1. The number of amides is 2. The van der Waals surface area contributed by atoms with E-state index < -0.39 is 0 Å². The highest BCUT2D eigenvalue weighted by Gasteiger charge is 2.25. The molecule has 154 valence electrons. The maximum absolute atomic E-state index is 13.2. The zero-order valence-electron chi connectivity index (χ0n) is 16.5. The molecule has 0 spiro atoms. The second kappa shape index (κ2) is 8.90. The van der Waals surface area contributed by atoms with Gasteiger partial charge in [-0.25, -0.2) is 0 Å². The predicted octanol–water partition coefficient (Wildman–Crippen LogP) is 5.65. The number of carbonyl (C=O) groups is 2. The van der Waals surface area contributed by atoms with Gasteiger partial charge < -0.3 is 15.0 Å². The van der Waals surface area contributed by atoms with Crippen LogP contribution >= 0.6 is 22.9 Å². The summed E-state index contributed by atoms with van der Waals surface area (Å²) in [6.07, 6.45) is 3.02. The highest BCUT2D eigenvalue weighted by molar-refractivity contribution is 7.10. The minimum atomic E-state index is -0.307. The number of aryl methyl sites for hydroxylation is 1. The van der Waals surface area contributed by atoms with Crippen molar-refractivity contribution < 1.29 is 14.3 Å². The van der Waals surface area contributed by atoms with Crippen molar-refractivity contribution in [2.45, 2.75) is 19.3 Å². The second-order valence-corrected chi connectivity index (χ2v) is 8.40.